The van der Waals surface area contributed by atoms with Crippen LogP contribution in [0.1, 0.15) is 5.56 Å². The van der Waals surface area contributed by atoms with E-state index in [9.17, 15) is 0 Å². The molecule has 1 aromatic heterocycles. The van der Waals surface area contributed by atoms with Crippen molar-refractivity contribution in [3.63, 3.8) is 0 Å². The van der Waals surface area contributed by atoms with E-state index in [1.807, 2.05) is 60.9 Å². The summed E-state index contributed by atoms with van der Waals surface area (Å²) < 4.78 is 5.90. The summed E-state index contributed by atoms with van der Waals surface area (Å²) in [5.41, 5.74) is 7.84. The second-order valence-electron chi connectivity index (χ2n) is 4.66. The largest absolute Gasteiger partial charge is 0.488 e. The average Bonchev–Trinajstić information content (AvgIpc) is 2.53. The SMILES string of the molecule is CSc1ccccc1OCc1cc2ccccc2nc1N. The van der Waals surface area contributed by atoms with E-state index in [4.69, 9.17) is 10.5 Å². The molecule has 4 heteroatoms. The molecule has 0 aliphatic rings. The molecule has 0 atom stereocenters. The standard InChI is InChI=1S/C17H16N2OS/c1-21-16-9-5-4-8-15(16)20-11-13-10-12-6-2-3-7-14(12)19-17(13)18/h2-10H,11H2,1H3,(H2,18,19). The zero-order valence-electron chi connectivity index (χ0n) is 11.7. The van der Waals surface area contributed by atoms with Crippen molar-refractivity contribution >= 4 is 28.5 Å². The average molecular weight is 296 g/mol. The Morgan fingerprint density at radius 3 is 2.71 bits per heavy atom. The third-order valence-corrected chi connectivity index (χ3v) is 4.07. The molecular formula is C17H16N2OS. The maximum atomic E-state index is 6.03. The van der Waals surface area contributed by atoms with Crippen molar-refractivity contribution < 1.29 is 4.74 Å². The Morgan fingerprint density at radius 1 is 1.10 bits per heavy atom. The van der Waals surface area contributed by atoms with Crippen LogP contribution >= 0.6 is 11.8 Å². The molecule has 2 aromatic carbocycles. The van der Waals surface area contributed by atoms with Crippen molar-refractivity contribution in [1.82, 2.24) is 4.98 Å². The monoisotopic (exact) mass is 296 g/mol. The number of hydrogen-bond acceptors (Lipinski definition) is 4. The van der Waals surface area contributed by atoms with Crippen LogP contribution in [0.3, 0.4) is 0 Å². The molecule has 106 valence electrons. The highest BCUT2D eigenvalue weighted by Crippen LogP contribution is 2.28. The van der Waals surface area contributed by atoms with E-state index in [2.05, 4.69) is 4.98 Å². The van der Waals surface area contributed by atoms with Crippen molar-refractivity contribution in [2.45, 2.75) is 11.5 Å². The van der Waals surface area contributed by atoms with Gasteiger partial charge in [-0.25, -0.2) is 4.98 Å². The number of nitrogen functional groups attached to an aromatic ring is 1. The molecule has 3 rings (SSSR count). The minimum Gasteiger partial charge on any atom is -0.488 e. The molecule has 0 fully saturated rings. The molecule has 0 unspecified atom stereocenters. The van der Waals surface area contributed by atoms with Gasteiger partial charge in [0.05, 0.1) is 5.52 Å². The lowest BCUT2D eigenvalue weighted by atomic mass is 10.1. The summed E-state index contributed by atoms with van der Waals surface area (Å²) in [7, 11) is 0. The van der Waals surface area contributed by atoms with Crippen molar-refractivity contribution in [3.8, 4) is 5.75 Å². The smallest absolute Gasteiger partial charge is 0.133 e. The lowest BCUT2D eigenvalue weighted by molar-refractivity contribution is 0.299. The first-order valence-electron chi connectivity index (χ1n) is 6.68. The number of ether oxygens (including phenoxy) is 1. The summed E-state index contributed by atoms with van der Waals surface area (Å²) in [5, 5.41) is 1.07. The number of benzene rings is 2. The van der Waals surface area contributed by atoms with Gasteiger partial charge < -0.3 is 10.5 Å². The number of hydrogen-bond donors (Lipinski definition) is 1. The van der Waals surface area contributed by atoms with Crippen LogP contribution in [0.15, 0.2) is 59.5 Å². The zero-order valence-corrected chi connectivity index (χ0v) is 12.6. The number of rotatable bonds is 4. The number of thioether (sulfide) groups is 1. The van der Waals surface area contributed by atoms with Crippen LogP contribution in [0.2, 0.25) is 0 Å². The molecule has 0 saturated carbocycles. The first-order chi connectivity index (χ1) is 10.3. The van der Waals surface area contributed by atoms with Gasteiger partial charge in [-0.3, -0.25) is 0 Å². The third kappa shape index (κ3) is 2.95. The number of fused-ring (bicyclic) bond motifs is 1. The van der Waals surface area contributed by atoms with E-state index in [0.29, 0.717) is 12.4 Å². The van der Waals surface area contributed by atoms with Crippen LogP contribution in [-0.2, 0) is 6.61 Å². The van der Waals surface area contributed by atoms with Crippen molar-refractivity contribution in [1.29, 1.82) is 0 Å². The second-order valence-corrected chi connectivity index (χ2v) is 5.51. The summed E-state index contributed by atoms with van der Waals surface area (Å²) in [6.07, 6.45) is 2.04. The number of aromatic nitrogens is 1. The van der Waals surface area contributed by atoms with Gasteiger partial charge in [-0.2, -0.15) is 0 Å². The second kappa shape index (κ2) is 6.06. The van der Waals surface area contributed by atoms with Crippen LogP contribution in [0, 0.1) is 0 Å². The topological polar surface area (TPSA) is 48.1 Å². The Kier molecular flexibility index (Phi) is 3.97. The predicted molar refractivity (Wildman–Crippen MR) is 88.7 cm³/mol. The summed E-state index contributed by atoms with van der Waals surface area (Å²) in [5.74, 6) is 1.40. The molecule has 0 saturated heterocycles. The van der Waals surface area contributed by atoms with Gasteiger partial charge in [0, 0.05) is 15.8 Å². The van der Waals surface area contributed by atoms with E-state index in [1.54, 1.807) is 11.8 Å². The summed E-state index contributed by atoms with van der Waals surface area (Å²) in [6, 6.07) is 18.0. The molecule has 3 nitrogen and oxygen atoms in total. The van der Waals surface area contributed by atoms with Gasteiger partial charge in [0.15, 0.2) is 0 Å². The van der Waals surface area contributed by atoms with Gasteiger partial charge in [-0.05, 0) is 30.5 Å². The van der Waals surface area contributed by atoms with Crippen molar-refractivity contribution in [2.75, 3.05) is 12.0 Å². The van der Waals surface area contributed by atoms with Crippen molar-refractivity contribution in [3.05, 3.63) is 60.2 Å². The summed E-state index contributed by atoms with van der Waals surface area (Å²) >= 11 is 1.67. The number of pyridine rings is 1. The van der Waals surface area contributed by atoms with Gasteiger partial charge in [0.25, 0.3) is 0 Å². The van der Waals surface area contributed by atoms with E-state index in [1.165, 1.54) is 0 Å². The Balaban J connectivity index is 1.86. The first kappa shape index (κ1) is 13.8. The minimum absolute atomic E-state index is 0.418. The summed E-state index contributed by atoms with van der Waals surface area (Å²) in [6.45, 7) is 0.418. The van der Waals surface area contributed by atoms with Gasteiger partial charge in [-0.1, -0.05) is 30.3 Å². The van der Waals surface area contributed by atoms with E-state index in [-0.39, 0.29) is 0 Å². The van der Waals surface area contributed by atoms with Crippen LogP contribution in [0.25, 0.3) is 10.9 Å². The first-order valence-corrected chi connectivity index (χ1v) is 7.90. The molecule has 0 radical (unpaired) electrons. The highest BCUT2D eigenvalue weighted by atomic mass is 32.2. The van der Waals surface area contributed by atoms with Crippen LogP contribution in [-0.4, -0.2) is 11.2 Å². The number of para-hydroxylation sites is 2. The maximum absolute atomic E-state index is 6.03. The van der Waals surface area contributed by atoms with Gasteiger partial charge in [0.2, 0.25) is 0 Å². The normalized spacial score (nSPS) is 10.7. The molecule has 1 heterocycles. The molecule has 3 aromatic rings. The molecule has 2 N–H and O–H groups in total. The highest BCUT2D eigenvalue weighted by Gasteiger charge is 2.07. The molecule has 0 spiro atoms. The fourth-order valence-electron chi connectivity index (χ4n) is 2.18. The highest BCUT2D eigenvalue weighted by molar-refractivity contribution is 7.98. The fraction of sp³-hybridized carbons (Fsp3) is 0.118. The van der Waals surface area contributed by atoms with Crippen LogP contribution in [0.5, 0.6) is 5.75 Å². The van der Waals surface area contributed by atoms with Gasteiger partial charge in [-0.15, -0.1) is 11.8 Å². The minimum atomic E-state index is 0.418. The Labute approximate surface area is 128 Å². The lowest BCUT2D eigenvalue weighted by Crippen LogP contribution is -2.03. The third-order valence-electron chi connectivity index (χ3n) is 3.29. The molecular weight excluding hydrogens is 280 g/mol. The molecule has 0 aliphatic carbocycles. The van der Waals surface area contributed by atoms with E-state index < -0.39 is 0 Å². The lowest BCUT2D eigenvalue weighted by Gasteiger charge is -2.11. The quantitative estimate of drug-likeness (QED) is 0.736. The Hall–Kier alpha value is -2.20. The molecule has 0 aliphatic heterocycles. The zero-order chi connectivity index (χ0) is 14.7. The fourth-order valence-corrected chi connectivity index (χ4v) is 2.73. The Morgan fingerprint density at radius 2 is 1.86 bits per heavy atom. The van der Waals surface area contributed by atoms with Crippen molar-refractivity contribution in [2.24, 2.45) is 0 Å². The Bertz CT molecular complexity index is 774. The maximum Gasteiger partial charge on any atom is 0.133 e. The van der Waals surface area contributed by atoms with E-state index in [0.717, 1.165) is 27.1 Å². The number of nitrogens with two attached hydrogens (primary N) is 1. The molecule has 0 bridgehead atoms. The number of anilines is 1. The number of nitrogens with zero attached hydrogens (tertiary/aromatic N) is 1. The van der Waals surface area contributed by atoms with Gasteiger partial charge in [0.1, 0.15) is 18.2 Å². The van der Waals surface area contributed by atoms with Gasteiger partial charge >= 0.3 is 0 Å². The summed E-state index contributed by atoms with van der Waals surface area (Å²) in [4.78, 5) is 5.54. The van der Waals surface area contributed by atoms with Crippen LogP contribution < -0.4 is 10.5 Å². The predicted octanol–water partition coefficient (Wildman–Crippen LogP) is 4.12. The van der Waals surface area contributed by atoms with E-state index >= 15 is 0 Å². The molecule has 21 heavy (non-hydrogen) atoms. The molecule has 0 amide bonds. The van der Waals surface area contributed by atoms with Crippen LogP contribution in [0.4, 0.5) is 5.82 Å².